The van der Waals surface area contributed by atoms with Gasteiger partial charge in [0.25, 0.3) is 5.91 Å². The summed E-state index contributed by atoms with van der Waals surface area (Å²) in [7, 11) is 0. The molecule has 2 N–H and O–H groups in total. The van der Waals surface area contributed by atoms with Crippen molar-refractivity contribution in [2.24, 2.45) is 0 Å². The van der Waals surface area contributed by atoms with E-state index in [1.165, 1.54) is 0 Å². The Balaban J connectivity index is 1.39. The summed E-state index contributed by atoms with van der Waals surface area (Å²) in [4.78, 5) is 23.6. The minimum atomic E-state index is -0.262. The van der Waals surface area contributed by atoms with Crippen molar-refractivity contribution in [3.8, 4) is 11.5 Å². The number of carbonyl (C=O) groups is 2. The Labute approximate surface area is 139 Å². The van der Waals surface area contributed by atoms with Gasteiger partial charge in [-0.15, -0.1) is 0 Å². The van der Waals surface area contributed by atoms with Crippen molar-refractivity contribution in [3.05, 3.63) is 59.7 Å². The van der Waals surface area contributed by atoms with Crippen molar-refractivity contribution in [2.75, 3.05) is 19.9 Å². The van der Waals surface area contributed by atoms with E-state index in [0.29, 0.717) is 18.5 Å². The molecule has 2 aromatic carbocycles. The van der Waals surface area contributed by atoms with Gasteiger partial charge in [-0.25, -0.2) is 0 Å². The van der Waals surface area contributed by atoms with Crippen LogP contribution in [0.5, 0.6) is 11.5 Å². The predicted octanol–water partition coefficient (Wildman–Crippen LogP) is 1.50. The molecule has 0 bridgehead atoms. The highest BCUT2D eigenvalue weighted by Gasteiger charge is 2.13. The number of hydrogen-bond acceptors (Lipinski definition) is 4. The summed E-state index contributed by atoms with van der Waals surface area (Å²) in [6.45, 7) is 0.686. The first-order valence-corrected chi connectivity index (χ1v) is 7.71. The molecule has 6 nitrogen and oxygen atoms in total. The maximum Gasteiger partial charge on any atom is 0.251 e. The average molecular weight is 326 g/mol. The van der Waals surface area contributed by atoms with Crippen LogP contribution in [-0.4, -0.2) is 31.7 Å². The summed E-state index contributed by atoms with van der Waals surface area (Å²) >= 11 is 0. The van der Waals surface area contributed by atoms with E-state index >= 15 is 0 Å². The molecule has 6 heteroatoms. The van der Waals surface area contributed by atoms with Gasteiger partial charge in [0.05, 0.1) is 6.54 Å². The van der Waals surface area contributed by atoms with Crippen LogP contribution in [0.1, 0.15) is 15.9 Å². The molecule has 0 spiro atoms. The number of nitrogens with one attached hydrogen (secondary N) is 2. The first kappa shape index (κ1) is 15.9. The van der Waals surface area contributed by atoms with Crippen LogP contribution in [0.25, 0.3) is 0 Å². The molecular weight excluding hydrogens is 308 g/mol. The molecule has 0 unspecified atom stereocenters. The zero-order valence-electron chi connectivity index (χ0n) is 13.1. The summed E-state index contributed by atoms with van der Waals surface area (Å²) < 4.78 is 10.6. The zero-order valence-corrected chi connectivity index (χ0v) is 13.1. The minimum Gasteiger partial charge on any atom is -0.454 e. The minimum absolute atomic E-state index is 0.0468. The molecule has 1 aliphatic heterocycles. The zero-order chi connectivity index (χ0) is 16.8. The second-order valence-corrected chi connectivity index (χ2v) is 5.34. The fraction of sp³-hybridized carbons (Fsp3) is 0.222. The van der Waals surface area contributed by atoms with Gasteiger partial charge in [0, 0.05) is 12.1 Å². The van der Waals surface area contributed by atoms with E-state index in [1.807, 2.05) is 24.3 Å². The second-order valence-electron chi connectivity index (χ2n) is 5.34. The fourth-order valence-corrected chi connectivity index (χ4v) is 2.36. The average Bonchev–Trinajstić information content (AvgIpc) is 3.08. The number of ether oxygens (including phenoxy) is 2. The molecule has 0 radical (unpaired) electrons. The van der Waals surface area contributed by atoms with E-state index in [1.54, 1.807) is 24.3 Å². The van der Waals surface area contributed by atoms with Crippen LogP contribution < -0.4 is 20.1 Å². The largest absolute Gasteiger partial charge is 0.454 e. The van der Waals surface area contributed by atoms with Crippen molar-refractivity contribution in [1.29, 1.82) is 0 Å². The van der Waals surface area contributed by atoms with E-state index < -0.39 is 0 Å². The van der Waals surface area contributed by atoms with Gasteiger partial charge in [0.2, 0.25) is 12.7 Å². The van der Waals surface area contributed by atoms with Gasteiger partial charge in [-0.1, -0.05) is 24.3 Å². The molecule has 3 rings (SSSR count). The van der Waals surface area contributed by atoms with Gasteiger partial charge in [-0.05, 0) is 36.2 Å². The number of benzene rings is 2. The van der Waals surface area contributed by atoms with Crippen LogP contribution in [0.2, 0.25) is 0 Å². The number of hydrogen-bond donors (Lipinski definition) is 2. The molecule has 0 fully saturated rings. The van der Waals surface area contributed by atoms with Crippen LogP contribution in [0.15, 0.2) is 48.5 Å². The van der Waals surface area contributed by atoms with E-state index in [-0.39, 0.29) is 25.2 Å². The molecule has 0 saturated heterocycles. The Hall–Kier alpha value is -3.02. The Kier molecular flexibility index (Phi) is 4.96. The van der Waals surface area contributed by atoms with Crippen LogP contribution in [0.3, 0.4) is 0 Å². The highest BCUT2D eigenvalue weighted by molar-refractivity contribution is 5.96. The van der Waals surface area contributed by atoms with Crippen LogP contribution in [0, 0.1) is 0 Å². The van der Waals surface area contributed by atoms with Crippen LogP contribution in [-0.2, 0) is 11.2 Å². The van der Waals surface area contributed by atoms with Gasteiger partial charge in [0.1, 0.15) is 0 Å². The molecular formula is C18H18N2O4. The summed E-state index contributed by atoms with van der Waals surface area (Å²) in [6, 6.07) is 14.5. The van der Waals surface area contributed by atoms with E-state index in [9.17, 15) is 9.59 Å². The maximum atomic E-state index is 11.8. The van der Waals surface area contributed by atoms with Crippen molar-refractivity contribution in [1.82, 2.24) is 10.6 Å². The Morgan fingerprint density at radius 3 is 2.58 bits per heavy atom. The summed E-state index contributed by atoms with van der Waals surface area (Å²) in [5.74, 6) is 0.988. The third-order valence-corrected chi connectivity index (χ3v) is 3.62. The lowest BCUT2D eigenvalue weighted by Gasteiger charge is -2.07. The number of fused-ring (bicyclic) bond motifs is 1. The standard InChI is InChI=1S/C18H18N2O4/c21-17(11-20-18(22)14-4-2-1-3-5-14)19-9-8-13-6-7-15-16(10-13)24-12-23-15/h1-7,10H,8-9,11-12H2,(H,19,21)(H,20,22). The smallest absolute Gasteiger partial charge is 0.251 e. The maximum absolute atomic E-state index is 11.8. The van der Waals surface area contributed by atoms with Gasteiger partial charge < -0.3 is 20.1 Å². The summed E-state index contributed by atoms with van der Waals surface area (Å²) in [5, 5.41) is 5.37. The van der Waals surface area contributed by atoms with Crippen LogP contribution >= 0.6 is 0 Å². The van der Waals surface area contributed by atoms with Crippen molar-refractivity contribution in [3.63, 3.8) is 0 Å². The third-order valence-electron chi connectivity index (χ3n) is 3.62. The molecule has 1 aliphatic rings. The number of carbonyl (C=O) groups excluding carboxylic acids is 2. The fourth-order valence-electron chi connectivity index (χ4n) is 2.36. The third kappa shape index (κ3) is 4.04. The number of rotatable bonds is 6. The molecule has 124 valence electrons. The molecule has 2 amide bonds. The lowest BCUT2D eigenvalue weighted by atomic mass is 10.1. The highest BCUT2D eigenvalue weighted by atomic mass is 16.7. The van der Waals surface area contributed by atoms with Crippen molar-refractivity contribution >= 4 is 11.8 Å². The summed E-state index contributed by atoms with van der Waals surface area (Å²) in [5.41, 5.74) is 1.58. The van der Waals surface area contributed by atoms with Crippen molar-refractivity contribution < 1.29 is 19.1 Å². The first-order valence-electron chi connectivity index (χ1n) is 7.71. The molecule has 2 aromatic rings. The normalized spacial score (nSPS) is 11.8. The Bertz CT molecular complexity index is 731. The van der Waals surface area contributed by atoms with E-state index in [4.69, 9.17) is 9.47 Å². The van der Waals surface area contributed by atoms with Crippen LogP contribution in [0.4, 0.5) is 0 Å². The Morgan fingerprint density at radius 2 is 1.75 bits per heavy atom. The molecule has 1 heterocycles. The lowest BCUT2D eigenvalue weighted by Crippen LogP contribution is -2.37. The topological polar surface area (TPSA) is 76.7 Å². The van der Waals surface area contributed by atoms with Gasteiger partial charge in [-0.3, -0.25) is 9.59 Å². The first-order chi connectivity index (χ1) is 11.7. The van der Waals surface area contributed by atoms with E-state index in [2.05, 4.69) is 10.6 Å². The molecule has 0 atom stereocenters. The lowest BCUT2D eigenvalue weighted by molar-refractivity contribution is -0.120. The quantitative estimate of drug-likeness (QED) is 0.843. The molecule has 0 saturated carbocycles. The second kappa shape index (κ2) is 7.50. The number of amides is 2. The Morgan fingerprint density at radius 1 is 0.958 bits per heavy atom. The molecule has 24 heavy (non-hydrogen) atoms. The van der Waals surface area contributed by atoms with Gasteiger partial charge in [-0.2, -0.15) is 0 Å². The van der Waals surface area contributed by atoms with Gasteiger partial charge in [0.15, 0.2) is 11.5 Å². The van der Waals surface area contributed by atoms with E-state index in [0.717, 1.165) is 17.1 Å². The monoisotopic (exact) mass is 326 g/mol. The van der Waals surface area contributed by atoms with Gasteiger partial charge >= 0.3 is 0 Å². The highest BCUT2D eigenvalue weighted by Crippen LogP contribution is 2.32. The summed E-state index contributed by atoms with van der Waals surface area (Å²) in [6.07, 6.45) is 0.676. The SMILES string of the molecule is O=C(CNC(=O)c1ccccc1)NCCc1ccc2c(c1)OCO2. The molecule has 0 aliphatic carbocycles. The van der Waals surface area contributed by atoms with Crippen molar-refractivity contribution in [2.45, 2.75) is 6.42 Å². The predicted molar refractivity (Wildman–Crippen MR) is 88.1 cm³/mol. The molecule has 0 aromatic heterocycles.